The van der Waals surface area contributed by atoms with E-state index in [1.165, 1.54) is 0 Å². The molecule has 0 spiro atoms. The molecule has 0 unspecified atom stereocenters. The van der Waals surface area contributed by atoms with Crippen LogP contribution in [0.25, 0.3) is 0 Å². The Labute approximate surface area is 140 Å². The van der Waals surface area contributed by atoms with Crippen molar-refractivity contribution in [1.82, 2.24) is 19.1 Å². The molecule has 0 radical (unpaired) electrons. The van der Waals surface area contributed by atoms with Gasteiger partial charge < -0.3 is 4.42 Å². The minimum absolute atomic E-state index is 0.0352. The third kappa shape index (κ3) is 3.41. The average molecular weight is 356 g/mol. The molecule has 126 valence electrons. The van der Waals surface area contributed by atoms with E-state index in [0.717, 1.165) is 24.4 Å². The predicted octanol–water partition coefficient (Wildman–Crippen LogP) is 2.11. The van der Waals surface area contributed by atoms with Crippen LogP contribution >= 0.6 is 12.2 Å². The van der Waals surface area contributed by atoms with Crippen molar-refractivity contribution in [3.63, 3.8) is 0 Å². The van der Waals surface area contributed by atoms with Crippen molar-refractivity contribution in [1.29, 1.82) is 0 Å². The van der Waals surface area contributed by atoms with Crippen LogP contribution in [-0.2, 0) is 16.6 Å². The summed E-state index contributed by atoms with van der Waals surface area (Å²) >= 11 is 5.31. The van der Waals surface area contributed by atoms with Gasteiger partial charge in [-0.2, -0.15) is 5.10 Å². The second kappa shape index (κ2) is 6.58. The zero-order chi connectivity index (χ0) is 16.4. The highest BCUT2D eigenvalue weighted by Gasteiger charge is 2.31. The standard InChI is InChI=1S/C14H20N4O3S2/c1-2-23(19,20)17-7-3-5-11(9-17)13-15-16-14(22)18(13)10-12-6-4-8-21-12/h4,6,8,11H,2-3,5,7,9-10H2,1H3,(H,16,22)/t11-/m0/s1. The van der Waals surface area contributed by atoms with Crippen LogP contribution in [-0.4, -0.2) is 46.3 Å². The number of nitrogens with zero attached hydrogens (tertiary/aromatic N) is 3. The summed E-state index contributed by atoms with van der Waals surface area (Å²) in [6.45, 7) is 3.20. The van der Waals surface area contributed by atoms with Crippen LogP contribution < -0.4 is 0 Å². The number of aromatic amines is 1. The number of hydrogen-bond donors (Lipinski definition) is 1. The minimum atomic E-state index is -3.18. The lowest BCUT2D eigenvalue weighted by Crippen LogP contribution is -2.40. The van der Waals surface area contributed by atoms with Gasteiger partial charge in [0.2, 0.25) is 10.0 Å². The molecule has 3 heterocycles. The lowest BCUT2D eigenvalue weighted by molar-refractivity contribution is 0.304. The van der Waals surface area contributed by atoms with Crippen molar-refractivity contribution in [2.75, 3.05) is 18.8 Å². The van der Waals surface area contributed by atoms with Crippen LogP contribution in [0.4, 0.5) is 0 Å². The van der Waals surface area contributed by atoms with E-state index in [4.69, 9.17) is 16.6 Å². The van der Waals surface area contributed by atoms with Gasteiger partial charge in [-0.25, -0.2) is 12.7 Å². The van der Waals surface area contributed by atoms with Gasteiger partial charge in [0.25, 0.3) is 0 Å². The molecular weight excluding hydrogens is 336 g/mol. The molecule has 7 nitrogen and oxygen atoms in total. The molecule has 2 aromatic heterocycles. The summed E-state index contributed by atoms with van der Waals surface area (Å²) in [6, 6.07) is 3.71. The van der Waals surface area contributed by atoms with E-state index in [1.54, 1.807) is 17.5 Å². The molecule has 1 atom stereocenters. The predicted molar refractivity (Wildman–Crippen MR) is 88.2 cm³/mol. The summed E-state index contributed by atoms with van der Waals surface area (Å²) in [4.78, 5) is 0. The highest BCUT2D eigenvalue weighted by molar-refractivity contribution is 7.89. The van der Waals surface area contributed by atoms with Gasteiger partial charge in [0.1, 0.15) is 11.6 Å². The first-order valence-corrected chi connectivity index (χ1v) is 9.68. The Morgan fingerprint density at radius 3 is 3.04 bits per heavy atom. The first-order chi connectivity index (χ1) is 11.0. The molecular formula is C14H20N4O3S2. The van der Waals surface area contributed by atoms with Gasteiger partial charge in [0.15, 0.2) is 4.77 Å². The zero-order valence-corrected chi connectivity index (χ0v) is 14.6. The van der Waals surface area contributed by atoms with Crippen LogP contribution in [0.3, 0.4) is 0 Å². The van der Waals surface area contributed by atoms with Crippen molar-refractivity contribution >= 4 is 22.2 Å². The Morgan fingerprint density at radius 2 is 2.35 bits per heavy atom. The Balaban J connectivity index is 1.86. The molecule has 2 aromatic rings. The molecule has 23 heavy (non-hydrogen) atoms. The third-order valence-corrected chi connectivity index (χ3v) is 6.35. The molecule has 0 amide bonds. The van der Waals surface area contributed by atoms with Crippen molar-refractivity contribution in [2.24, 2.45) is 0 Å². The normalized spacial score (nSPS) is 20.0. The van der Waals surface area contributed by atoms with Crippen molar-refractivity contribution in [3.05, 3.63) is 34.8 Å². The number of piperidine rings is 1. The number of rotatable bonds is 5. The summed E-state index contributed by atoms with van der Waals surface area (Å²) in [7, 11) is -3.18. The number of sulfonamides is 1. The van der Waals surface area contributed by atoms with Gasteiger partial charge in [-0.15, -0.1) is 0 Å². The van der Waals surface area contributed by atoms with Gasteiger partial charge in [-0.1, -0.05) is 0 Å². The highest BCUT2D eigenvalue weighted by atomic mass is 32.2. The molecule has 0 aliphatic carbocycles. The molecule has 1 aliphatic rings. The second-order valence-corrected chi connectivity index (χ2v) is 8.29. The smallest absolute Gasteiger partial charge is 0.213 e. The fourth-order valence-electron chi connectivity index (χ4n) is 2.94. The molecule has 9 heteroatoms. The summed E-state index contributed by atoms with van der Waals surface area (Å²) < 4.78 is 33.6. The van der Waals surface area contributed by atoms with Crippen molar-refractivity contribution in [3.8, 4) is 0 Å². The van der Waals surface area contributed by atoms with E-state index < -0.39 is 10.0 Å². The van der Waals surface area contributed by atoms with E-state index in [9.17, 15) is 8.42 Å². The number of nitrogens with one attached hydrogen (secondary N) is 1. The Hall–Kier alpha value is -1.45. The average Bonchev–Trinajstić information content (AvgIpc) is 3.19. The Morgan fingerprint density at radius 1 is 1.52 bits per heavy atom. The van der Waals surface area contributed by atoms with Crippen LogP contribution in [0.2, 0.25) is 0 Å². The van der Waals surface area contributed by atoms with Gasteiger partial charge in [0, 0.05) is 19.0 Å². The summed E-state index contributed by atoms with van der Waals surface area (Å²) in [5.74, 6) is 1.74. The number of hydrogen-bond acceptors (Lipinski definition) is 5. The first kappa shape index (κ1) is 16.4. The molecule has 1 fully saturated rings. The van der Waals surface area contributed by atoms with Gasteiger partial charge in [-0.3, -0.25) is 9.67 Å². The maximum atomic E-state index is 12.1. The maximum Gasteiger partial charge on any atom is 0.213 e. The topological polar surface area (TPSA) is 84.1 Å². The second-order valence-electron chi connectivity index (χ2n) is 5.65. The fraction of sp³-hybridized carbons (Fsp3) is 0.571. The number of H-pyrrole nitrogens is 1. The minimum Gasteiger partial charge on any atom is -0.467 e. The van der Waals surface area contributed by atoms with Gasteiger partial charge in [0.05, 0.1) is 18.6 Å². The van der Waals surface area contributed by atoms with Gasteiger partial charge in [-0.05, 0) is 44.1 Å². The van der Waals surface area contributed by atoms with E-state index in [-0.39, 0.29) is 11.7 Å². The summed E-state index contributed by atoms with van der Waals surface area (Å²) in [5, 5.41) is 7.17. The molecule has 0 bridgehead atoms. The molecule has 1 N–H and O–H groups in total. The highest BCUT2D eigenvalue weighted by Crippen LogP contribution is 2.27. The lowest BCUT2D eigenvalue weighted by atomic mass is 9.99. The van der Waals surface area contributed by atoms with Crippen LogP contribution in [0.5, 0.6) is 0 Å². The van der Waals surface area contributed by atoms with Gasteiger partial charge >= 0.3 is 0 Å². The van der Waals surface area contributed by atoms with E-state index >= 15 is 0 Å². The monoisotopic (exact) mass is 356 g/mol. The zero-order valence-electron chi connectivity index (χ0n) is 12.9. The van der Waals surface area contributed by atoms with Crippen LogP contribution in [0.15, 0.2) is 22.8 Å². The molecule has 0 aromatic carbocycles. The Bertz CT molecular complexity index is 807. The summed E-state index contributed by atoms with van der Waals surface area (Å²) in [6.07, 6.45) is 3.34. The SMILES string of the molecule is CCS(=O)(=O)N1CCC[C@H](c2n[nH]c(=S)n2Cc2ccco2)C1. The van der Waals surface area contributed by atoms with Crippen LogP contribution in [0, 0.1) is 4.77 Å². The third-order valence-electron chi connectivity index (χ3n) is 4.19. The fourth-order valence-corrected chi connectivity index (χ4v) is 4.32. The van der Waals surface area contributed by atoms with E-state index in [1.807, 2.05) is 16.7 Å². The molecule has 1 aliphatic heterocycles. The summed E-state index contributed by atoms with van der Waals surface area (Å²) in [5.41, 5.74) is 0. The van der Waals surface area contributed by atoms with E-state index in [0.29, 0.717) is 24.4 Å². The van der Waals surface area contributed by atoms with Crippen molar-refractivity contribution < 1.29 is 12.8 Å². The molecule has 0 saturated carbocycles. The van der Waals surface area contributed by atoms with Crippen molar-refractivity contribution in [2.45, 2.75) is 32.2 Å². The molecule has 3 rings (SSSR count). The largest absolute Gasteiger partial charge is 0.467 e. The maximum absolute atomic E-state index is 12.1. The lowest BCUT2D eigenvalue weighted by Gasteiger charge is -2.31. The van der Waals surface area contributed by atoms with Crippen LogP contribution in [0.1, 0.15) is 37.3 Å². The van der Waals surface area contributed by atoms with E-state index in [2.05, 4.69) is 10.2 Å². The quantitative estimate of drug-likeness (QED) is 0.830. The number of furan rings is 1. The number of aromatic nitrogens is 3. The Kier molecular flexibility index (Phi) is 4.69. The molecule has 1 saturated heterocycles. The first-order valence-electron chi connectivity index (χ1n) is 7.66.